The summed E-state index contributed by atoms with van der Waals surface area (Å²) in [4.78, 5) is 12.0. The molecule has 128 valence electrons. The van der Waals surface area contributed by atoms with Crippen LogP contribution in [-0.2, 0) is 14.6 Å². The van der Waals surface area contributed by atoms with Gasteiger partial charge in [-0.3, -0.25) is 4.79 Å². The molecule has 1 N–H and O–H groups in total. The van der Waals surface area contributed by atoms with Gasteiger partial charge in [0.05, 0.1) is 18.3 Å². The standard InChI is InChI=1S/C17H19NO5S/c1-22-13-6-8-14(9-7-13)24(20,21)16(15-3-2-10-23-15)11-18-17(19)12-4-5-12/h2-3,6-10,12,16H,4-5,11H2,1H3,(H,18,19). The molecule has 1 aliphatic carbocycles. The van der Waals surface area contributed by atoms with Crippen LogP contribution in [0.2, 0.25) is 0 Å². The van der Waals surface area contributed by atoms with Crippen molar-refractivity contribution in [2.24, 2.45) is 5.92 Å². The number of hydrogen-bond acceptors (Lipinski definition) is 5. The van der Waals surface area contributed by atoms with Gasteiger partial charge in [-0.2, -0.15) is 0 Å². The molecule has 1 fully saturated rings. The molecule has 0 radical (unpaired) electrons. The number of rotatable bonds is 7. The predicted molar refractivity (Wildman–Crippen MR) is 87.4 cm³/mol. The van der Waals surface area contributed by atoms with Crippen molar-refractivity contribution in [3.05, 3.63) is 48.4 Å². The van der Waals surface area contributed by atoms with Crippen molar-refractivity contribution in [3.63, 3.8) is 0 Å². The zero-order chi connectivity index (χ0) is 17.2. The van der Waals surface area contributed by atoms with E-state index in [1.807, 2.05) is 0 Å². The lowest BCUT2D eigenvalue weighted by Gasteiger charge is -2.17. The van der Waals surface area contributed by atoms with Crippen LogP contribution in [0.3, 0.4) is 0 Å². The molecular formula is C17H19NO5S. The number of carbonyl (C=O) groups is 1. The van der Waals surface area contributed by atoms with Crippen molar-refractivity contribution in [3.8, 4) is 5.75 Å². The number of benzene rings is 1. The average Bonchev–Trinajstić information content (AvgIpc) is 3.31. The number of hydrogen-bond donors (Lipinski definition) is 1. The Morgan fingerprint density at radius 1 is 1.29 bits per heavy atom. The fourth-order valence-corrected chi connectivity index (χ4v) is 4.04. The van der Waals surface area contributed by atoms with E-state index in [4.69, 9.17) is 9.15 Å². The smallest absolute Gasteiger partial charge is 0.223 e. The number of methoxy groups -OCH3 is 1. The van der Waals surface area contributed by atoms with Crippen LogP contribution >= 0.6 is 0 Å². The first-order chi connectivity index (χ1) is 11.5. The predicted octanol–water partition coefficient (Wildman–Crippen LogP) is 2.33. The van der Waals surface area contributed by atoms with Gasteiger partial charge < -0.3 is 14.5 Å². The second kappa shape index (κ2) is 6.68. The lowest BCUT2D eigenvalue weighted by atomic mass is 10.3. The van der Waals surface area contributed by atoms with E-state index >= 15 is 0 Å². The highest BCUT2D eigenvalue weighted by molar-refractivity contribution is 7.91. The number of amides is 1. The number of furan rings is 1. The van der Waals surface area contributed by atoms with Gasteiger partial charge in [0.2, 0.25) is 5.91 Å². The van der Waals surface area contributed by atoms with Gasteiger partial charge in [0.1, 0.15) is 16.8 Å². The second-order valence-corrected chi connectivity index (χ2v) is 7.87. The maximum atomic E-state index is 13.0. The Hall–Kier alpha value is -2.28. The summed E-state index contributed by atoms with van der Waals surface area (Å²) in [6.07, 6.45) is 3.15. The highest BCUT2D eigenvalue weighted by Crippen LogP contribution is 2.32. The molecule has 0 saturated heterocycles. The number of sulfone groups is 1. The van der Waals surface area contributed by atoms with E-state index in [1.54, 1.807) is 24.3 Å². The third-order valence-corrected chi connectivity index (χ3v) is 6.11. The first-order valence-corrected chi connectivity index (χ1v) is 9.26. The van der Waals surface area contributed by atoms with E-state index in [0.717, 1.165) is 12.8 Å². The van der Waals surface area contributed by atoms with Crippen LogP contribution in [0.1, 0.15) is 23.9 Å². The van der Waals surface area contributed by atoms with Gasteiger partial charge in [0, 0.05) is 12.5 Å². The summed E-state index contributed by atoms with van der Waals surface area (Å²) in [5.74, 6) is 0.801. The van der Waals surface area contributed by atoms with Gasteiger partial charge in [-0.15, -0.1) is 0 Å². The number of ether oxygens (including phenoxy) is 1. The van der Waals surface area contributed by atoms with Crippen LogP contribution in [0.4, 0.5) is 0 Å². The molecule has 1 atom stereocenters. The van der Waals surface area contributed by atoms with E-state index < -0.39 is 15.1 Å². The molecule has 1 heterocycles. The van der Waals surface area contributed by atoms with Gasteiger partial charge in [-0.05, 0) is 49.2 Å². The fraction of sp³-hybridized carbons (Fsp3) is 0.353. The third kappa shape index (κ3) is 3.46. The van der Waals surface area contributed by atoms with Crippen molar-refractivity contribution < 1.29 is 22.4 Å². The molecule has 0 spiro atoms. The molecule has 1 aromatic carbocycles. The summed E-state index contributed by atoms with van der Waals surface area (Å²) in [6, 6.07) is 9.41. The minimum Gasteiger partial charge on any atom is -0.497 e. The van der Waals surface area contributed by atoms with E-state index in [1.165, 1.54) is 25.5 Å². The summed E-state index contributed by atoms with van der Waals surface area (Å²) in [5.41, 5.74) is 0. The van der Waals surface area contributed by atoms with E-state index in [-0.39, 0.29) is 23.3 Å². The van der Waals surface area contributed by atoms with E-state index in [9.17, 15) is 13.2 Å². The maximum Gasteiger partial charge on any atom is 0.223 e. The summed E-state index contributed by atoms with van der Waals surface area (Å²) in [6.45, 7) is -0.0167. The molecule has 1 unspecified atom stereocenters. The van der Waals surface area contributed by atoms with Gasteiger partial charge in [0.25, 0.3) is 0 Å². The molecule has 24 heavy (non-hydrogen) atoms. The molecule has 0 aliphatic heterocycles. The van der Waals surface area contributed by atoms with Crippen LogP contribution in [0, 0.1) is 5.92 Å². The van der Waals surface area contributed by atoms with Gasteiger partial charge in [-0.1, -0.05) is 0 Å². The van der Waals surface area contributed by atoms with Crippen molar-refractivity contribution in [1.82, 2.24) is 5.32 Å². The molecule has 3 rings (SSSR count). The van der Waals surface area contributed by atoms with Gasteiger partial charge >= 0.3 is 0 Å². The highest BCUT2D eigenvalue weighted by atomic mass is 32.2. The maximum absolute atomic E-state index is 13.0. The molecule has 1 amide bonds. The summed E-state index contributed by atoms with van der Waals surface area (Å²) >= 11 is 0. The van der Waals surface area contributed by atoms with Gasteiger partial charge in [-0.25, -0.2) is 8.42 Å². The van der Waals surface area contributed by atoms with E-state index in [0.29, 0.717) is 11.5 Å². The zero-order valence-electron chi connectivity index (χ0n) is 13.3. The Balaban J connectivity index is 1.86. The summed E-state index contributed by atoms with van der Waals surface area (Å²) in [7, 11) is -2.20. The van der Waals surface area contributed by atoms with Crippen LogP contribution in [0.5, 0.6) is 5.75 Å². The van der Waals surface area contributed by atoms with E-state index in [2.05, 4.69) is 5.32 Å². The Morgan fingerprint density at radius 2 is 2.00 bits per heavy atom. The van der Waals surface area contributed by atoms with Crippen LogP contribution in [-0.4, -0.2) is 28.0 Å². The Morgan fingerprint density at radius 3 is 2.54 bits per heavy atom. The zero-order valence-corrected chi connectivity index (χ0v) is 14.1. The summed E-state index contributed by atoms with van der Waals surface area (Å²) in [5, 5.41) is 1.76. The minimum atomic E-state index is -3.71. The average molecular weight is 349 g/mol. The molecule has 1 aliphatic rings. The fourth-order valence-electron chi connectivity index (χ4n) is 2.45. The molecule has 6 nitrogen and oxygen atoms in total. The van der Waals surface area contributed by atoms with Crippen molar-refractivity contribution >= 4 is 15.7 Å². The van der Waals surface area contributed by atoms with Crippen LogP contribution in [0.15, 0.2) is 52.0 Å². The van der Waals surface area contributed by atoms with Gasteiger partial charge in [0.15, 0.2) is 9.84 Å². The third-order valence-electron chi connectivity index (χ3n) is 4.03. The Kier molecular flexibility index (Phi) is 4.62. The lowest BCUT2D eigenvalue weighted by molar-refractivity contribution is -0.122. The quantitative estimate of drug-likeness (QED) is 0.829. The first-order valence-electron chi connectivity index (χ1n) is 7.71. The molecule has 0 bridgehead atoms. The first kappa shape index (κ1) is 16.6. The van der Waals surface area contributed by atoms with Crippen LogP contribution in [0.25, 0.3) is 0 Å². The number of carbonyl (C=O) groups excluding carboxylic acids is 1. The van der Waals surface area contributed by atoms with Crippen LogP contribution < -0.4 is 10.1 Å². The Bertz CT molecular complexity index is 792. The number of nitrogens with one attached hydrogen (secondary N) is 1. The monoisotopic (exact) mass is 349 g/mol. The normalized spacial score (nSPS) is 15.7. The SMILES string of the molecule is COc1ccc(S(=O)(=O)C(CNC(=O)C2CC2)c2ccco2)cc1. The molecule has 1 saturated carbocycles. The van der Waals surface area contributed by atoms with Crippen molar-refractivity contribution in [2.75, 3.05) is 13.7 Å². The topological polar surface area (TPSA) is 85.6 Å². The largest absolute Gasteiger partial charge is 0.497 e. The molecular weight excluding hydrogens is 330 g/mol. The second-order valence-electron chi connectivity index (χ2n) is 5.74. The summed E-state index contributed by atoms with van der Waals surface area (Å²) < 4.78 is 36.3. The Labute approximate surface area is 140 Å². The molecule has 7 heteroatoms. The molecule has 2 aromatic rings. The molecule has 1 aromatic heterocycles. The minimum absolute atomic E-state index is 0.0167. The van der Waals surface area contributed by atoms with Crippen molar-refractivity contribution in [2.45, 2.75) is 23.0 Å². The lowest BCUT2D eigenvalue weighted by Crippen LogP contribution is -2.32. The highest BCUT2D eigenvalue weighted by Gasteiger charge is 2.34. The van der Waals surface area contributed by atoms with Crippen molar-refractivity contribution in [1.29, 1.82) is 0 Å².